The van der Waals surface area contributed by atoms with Crippen LogP contribution in [0.15, 0.2) is 30.3 Å². The van der Waals surface area contributed by atoms with Crippen LogP contribution in [0.5, 0.6) is 0 Å². The van der Waals surface area contributed by atoms with Crippen LogP contribution in [-0.4, -0.2) is 43.8 Å². The van der Waals surface area contributed by atoms with Gasteiger partial charge in [-0.1, -0.05) is 30.3 Å². The molecule has 1 amide bonds. The molecule has 0 bridgehead atoms. The predicted molar refractivity (Wildman–Crippen MR) is 74.8 cm³/mol. The molecule has 0 saturated carbocycles. The second kappa shape index (κ2) is 7.26. The monoisotopic (exact) mass is 262 g/mol. The van der Waals surface area contributed by atoms with E-state index >= 15 is 0 Å². The first-order valence-electron chi connectivity index (χ1n) is 6.86. The maximum Gasteiger partial charge on any atom is 0.240 e. The van der Waals surface area contributed by atoms with Crippen molar-refractivity contribution in [3.05, 3.63) is 35.9 Å². The minimum atomic E-state index is -0.0252. The Morgan fingerprint density at radius 3 is 2.89 bits per heavy atom. The summed E-state index contributed by atoms with van der Waals surface area (Å²) in [4.78, 5) is 14.0. The molecule has 1 atom stereocenters. The van der Waals surface area contributed by atoms with Gasteiger partial charge in [0.05, 0.1) is 12.7 Å². The van der Waals surface area contributed by atoms with Gasteiger partial charge >= 0.3 is 0 Å². The Balaban J connectivity index is 1.75. The zero-order chi connectivity index (χ0) is 13.5. The van der Waals surface area contributed by atoms with Crippen molar-refractivity contribution in [2.75, 3.05) is 26.9 Å². The van der Waals surface area contributed by atoms with Crippen LogP contribution in [0.1, 0.15) is 18.4 Å². The summed E-state index contributed by atoms with van der Waals surface area (Å²) in [5, 5.41) is 3.29. The predicted octanol–water partition coefficient (Wildman–Crippen LogP) is 1.41. The van der Waals surface area contributed by atoms with Crippen LogP contribution in [0.25, 0.3) is 0 Å². The lowest BCUT2D eigenvalue weighted by Crippen LogP contribution is -2.31. The van der Waals surface area contributed by atoms with E-state index in [2.05, 4.69) is 17.4 Å². The minimum absolute atomic E-state index is 0.0252. The van der Waals surface area contributed by atoms with E-state index in [1.54, 1.807) is 7.11 Å². The van der Waals surface area contributed by atoms with Gasteiger partial charge in [-0.3, -0.25) is 10.1 Å². The molecule has 1 fully saturated rings. The second-order valence-electron chi connectivity index (χ2n) is 4.89. The molecule has 19 heavy (non-hydrogen) atoms. The van der Waals surface area contributed by atoms with Gasteiger partial charge in [0, 0.05) is 20.3 Å². The second-order valence-corrected chi connectivity index (χ2v) is 4.89. The molecule has 1 saturated heterocycles. The Bertz CT molecular complexity index is 394. The maximum absolute atomic E-state index is 12.1. The molecule has 4 heteroatoms. The summed E-state index contributed by atoms with van der Waals surface area (Å²) in [6, 6.07) is 10.3. The Labute approximate surface area is 114 Å². The van der Waals surface area contributed by atoms with Gasteiger partial charge in [0.25, 0.3) is 0 Å². The quantitative estimate of drug-likeness (QED) is 0.756. The summed E-state index contributed by atoms with van der Waals surface area (Å²) in [6.07, 6.45) is 2.70. The van der Waals surface area contributed by atoms with E-state index in [4.69, 9.17) is 4.74 Å². The highest BCUT2D eigenvalue weighted by Crippen LogP contribution is 2.11. The van der Waals surface area contributed by atoms with Crippen molar-refractivity contribution in [2.24, 2.45) is 0 Å². The summed E-state index contributed by atoms with van der Waals surface area (Å²) in [7, 11) is 1.69. The maximum atomic E-state index is 12.1. The molecular formula is C15H22N2O2. The highest BCUT2D eigenvalue weighted by molar-refractivity contribution is 5.83. The van der Waals surface area contributed by atoms with Crippen LogP contribution in [0.3, 0.4) is 0 Å². The number of amides is 1. The lowest BCUT2D eigenvalue weighted by molar-refractivity contribution is -0.129. The fraction of sp³-hybridized carbons (Fsp3) is 0.533. The highest BCUT2D eigenvalue weighted by Gasteiger charge is 2.29. The third kappa shape index (κ3) is 4.04. The molecule has 1 N–H and O–H groups in total. The summed E-state index contributed by atoms with van der Waals surface area (Å²) < 4.78 is 5.01. The van der Waals surface area contributed by atoms with E-state index in [-0.39, 0.29) is 11.9 Å². The molecule has 2 rings (SSSR count). The van der Waals surface area contributed by atoms with Crippen LogP contribution >= 0.6 is 0 Å². The average molecular weight is 262 g/mol. The number of nitrogens with one attached hydrogen (secondary N) is 1. The van der Waals surface area contributed by atoms with Gasteiger partial charge in [0.2, 0.25) is 5.91 Å². The number of aryl methyl sites for hydroxylation is 1. The summed E-state index contributed by atoms with van der Waals surface area (Å²) in [6.45, 7) is 2.15. The minimum Gasteiger partial charge on any atom is -0.385 e. The number of ether oxygens (including phenoxy) is 1. The number of hydrogen-bond acceptors (Lipinski definition) is 3. The molecule has 1 heterocycles. The van der Waals surface area contributed by atoms with E-state index in [1.807, 2.05) is 23.1 Å². The van der Waals surface area contributed by atoms with Crippen molar-refractivity contribution in [3.8, 4) is 0 Å². The van der Waals surface area contributed by atoms with E-state index < -0.39 is 0 Å². The Kier molecular flexibility index (Phi) is 5.36. The van der Waals surface area contributed by atoms with Crippen molar-refractivity contribution in [1.82, 2.24) is 10.2 Å². The highest BCUT2D eigenvalue weighted by atomic mass is 16.5. The molecule has 0 spiro atoms. The molecule has 0 radical (unpaired) electrons. The van der Waals surface area contributed by atoms with Gasteiger partial charge in [0.1, 0.15) is 0 Å². The normalized spacial score (nSPS) is 19.1. The van der Waals surface area contributed by atoms with E-state index in [0.717, 1.165) is 25.8 Å². The number of hydrogen-bond donors (Lipinski definition) is 1. The van der Waals surface area contributed by atoms with Gasteiger partial charge in [-0.2, -0.15) is 0 Å². The molecule has 1 aliphatic rings. The van der Waals surface area contributed by atoms with Crippen LogP contribution in [0.2, 0.25) is 0 Å². The summed E-state index contributed by atoms with van der Waals surface area (Å²) in [5.41, 5.74) is 1.29. The van der Waals surface area contributed by atoms with E-state index in [9.17, 15) is 4.79 Å². The smallest absolute Gasteiger partial charge is 0.240 e. The van der Waals surface area contributed by atoms with Crippen molar-refractivity contribution in [2.45, 2.75) is 25.3 Å². The van der Waals surface area contributed by atoms with Gasteiger partial charge in [-0.15, -0.1) is 0 Å². The van der Waals surface area contributed by atoms with E-state index in [0.29, 0.717) is 13.3 Å². The number of methoxy groups -OCH3 is 1. The Morgan fingerprint density at radius 1 is 1.37 bits per heavy atom. The number of rotatable bonds is 7. The molecule has 1 aromatic rings. The lowest BCUT2D eigenvalue weighted by Gasteiger charge is -2.14. The average Bonchev–Trinajstić information content (AvgIpc) is 2.79. The van der Waals surface area contributed by atoms with Crippen LogP contribution in [0.4, 0.5) is 0 Å². The van der Waals surface area contributed by atoms with Crippen LogP contribution < -0.4 is 5.32 Å². The van der Waals surface area contributed by atoms with E-state index in [1.165, 1.54) is 5.56 Å². The molecule has 0 aromatic heterocycles. The van der Waals surface area contributed by atoms with Gasteiger partial charge in [-0.05, 0) is 24.8 Å². The Hall–Kier alpha value is -1.39. The van der Waals surface area contributed by atoms with Gasteiger partial charge < -0.3 is 9.64 Å². The molecule has 1 aliphatic heterocycles. The molecule has 0 aliphatic carbocycles. The number of carbonyl (C=O) groups is 1. The number of carbonyl (C=O) groups excluding carboxylic acids is 1. The SMILES string of the molecule is COCCCN1CNC(CCc2ccccc2)C1=O. The molecule has 1 unspecified atom stereocenters. The van der Waals surface area contributed by atoms with Crippen LogP contribution in [-0.2, 0) is 16.0 Å². The summed E-state index contributed by atoms with van der Waals surface area (Å²) >= 11 is 0. The standard InChI is InChI=1S/C15H22N2O2/c1-19-11-5-10-17-12-16-14(15(17)18)9-8-13-6-3-2-4-7-13/h2-4,6-7,14,16H,5,8-12H2,1H3. The van der Waals surface area contributed by atoms with Crippen molar-refractivity contribution >= 4 is 5.91 Å². The fourth-order valence-corrected chi connectivity index (χ4v) is 2.38. The molecule has 1 aromatic carbocycles. The first-order valence-corrected chi connectivity index (χ1v) is 6.86. The van der Waals surface area contributed by atoms with Crippen LogP contribution in [0, 0.1) is 0 Å². The third-order valence-electron chi connectivity index (χ3n) is 3.48. The molecule has 104 valence electrons. The lowest BCUT2D eigenvalue weighted by atomic mass is 10.1. The van der Waals surface area contributed by atoms with Gasteiger partial charge in [0.15, 0.2) is 0 Å². The number of nitrogens with zero attached hydrogens (tertiary/aromatic N) is 1. The van der Waals surface area contributed by atoms with Gasteiger partial charge in [-0.25, -0.2) is 0 Å². The molecule has 4 nitrogen and oxygen atoms in total. The van der Waals surface area contributed by atoms with Crippen molar-refractivity contribution in [1.29, 1.82) is 0 Å². The molecular weight excluding hydrogens is 240 g/mol. The Morgan fingerprint density at radius 2 is 2.16 bits per heavy atom. The first kappa shape index (κ1) is 14.0. The zero-order valence-corrected chi connectivity index (χ0v) is 11.5. The summed E-state index contributed by atoms with van der Waals surface area (Å²) in [5.74, 6) is 0.229. The topological polar surface area (TPSA) is 41.6 Å². The van der Waals surface area contributed by atoms with Crippen molar-refractivity contribution < 1.29 is 9.53 Å². The third-order valence-corrected chi connectivity index (χ3v) is 3.48. The fourth-order valence-electron chi connectivity index (χ4n) is 2.38. The zero-order valence-electron chi connectivity index (χ0n) is 11.5. The van der Waals surface area contributed by atoms with Crippen molar-refractivity contribution in [3.63, 3.8) is 0 Å². The largest absolute Gasteiger partial charge is 0.385 e. The number of benzene rings is 1. The first-order chi connectivity index (χ1) is 9.31.